The summed E-state index contributed by atoms with van der Waals surface area (Å²) < 4.78 is 4.49. The Kier molecular flexibility index (Phi) is 1.76. The first-order chi connectivity index (χ1) is 5.09. The summed E-state index contributed by atoms with van der Waals surface area (Å²) in [4.78, 5) is 20.5. The topological polar surface area (TPSA) is 66.4 Å². The second kappa shape index (κ2) is 2.57. The van der Waals surface area contributed by atoms with Crippen LogP contribution in [0, 0.1) is 0 Å². The van der Waals surface area contributed by atoms with Crippen molar-refractivity contribution in [1.29, 1.82) is 0 Å². The number of ether oxygens (including phenoxy) is 1. The molecule has 11 heavy (non-hydrogen) atoms. The molecule has 0 radical (unpaired) electrons. The van der Waals surface area contributed by atoms with Crippen molar-refractivity contribution in [3.8, 4) is 0 Å². The molecular weight excluding hydrogens is 148 g/mol. The molecule has 4 heteroatoms. The van der Waals surface area contributed by atoms with Crippen LogP contribution in [0.5, 0.6) is 0 Å². The summed E-state index contributed by atoms with van der Waals surface area (Å²) >= 11 is 0. The lowest BCUT2D eigenvalue weighted by Gasteiger charge is -1.98. The van der Waals surface area contributed by atoms with Gasteiger partial charge in [0.2, 0.25) is 0 Å². The fraction of sp³-hybridized carbons (Fsp3) is 0.143. The molecule has 0 saturated carbocycles. The first-order valence-corrected chi connectivity index (χ1v) is 2.93. The van der Waals surface area contributed by atoms with Gasteiger partial charge in [-0.1, -0.05) is 0 Å². The van der Waals surface area contributed by atoms with Gasteiger partial charge in [-0.2, -0.15) is 0 Å². The van der Waals surface area contributed by atoms with Crippen molar-refractivity contribution in [2.24, 2.45) is 0 Å². The summed E-state index contributed by atoms with van der Waals surface area (Å²) in [6.45, 7) is 1.58. The molecule has 4 nitrogen and oxygen atoms in total. The predicted octanol–water partition coefficient (Wildman–Crippen LogP) is -0.877. The lowest BCUT2D eigenvalue weighted by Crippen LogP contribution is -2.19. The Balaban J connectivity index is 2.87. The van der Waals surface area contributed by atoms with Gasteiger partial charge < -0.3 is 14.6 Å². The van der Waals surface area contributed by atoms with Gasteiger partial charge in [0.1, 0.15) is 5.76 Å². The molecular formula is C7H5O4-. The summed E-state index contributed by atoms with van der Waals surface area (Å²) in [6, 6.07) is 0. The molecule has 0 saturated heterocycles. The molecule has 1 aliphatic heterocycles. The average molecular weight is 153 g/mol. The van der Waals surface area contributed by atoms with Gasteiger partial charge in [-0.3, -0.25) is 0 Å². The fourth-order valence-corrected chi connectivity index (χ4v) is 0.717. The van der Waals surface area contributed by atoms with E-state index in [0.717, 1.165) is 6.08 Å². The molecule has 0 bridgehead atoms. The van der Waals surface area contributed by atoms with E-state index in [1.54, 1.807) is 6.92 Å². The quantitative estimate of drug-likeness (QED) is 0.362. The number of rotatable bonds is 1. The van der Waals surface area contributed by atoms with Gasteiger partial charge in [-0.25, -0.2) is 4.79 Å². The van der Waals surface area contributed by atoms with Crippen LogP contribution in [0.15, 0.2) is 23.5 Å². The monoisotopic (exact) mass is 153 g/mol. The van der Waals surface area contributed by atoms with Crippen molar-refractivity contribution in [2.45, 2.75) is 6.92 Å². The van der Waals surface area contributed by atoms with Crippen molar-refractivity contribution in [2.75, 3.05) is 0 Å². The number of carboxylic acids is 1. The number of hydrogen-bond acceptors (Lipinski definition) is 4. The third kappa shape index (κ3) is 1.67. The molecule has 0 amide bonds. The minimum Gasteiger partial charge on any atom is -0.545 e. The molecule has 0 aromatic heterocycles. The molecule has 0 fully saturated rings. The Bertz CT molecular complexity index is 272. The van der Waals surface area contributed by atoms with Gasteiger partial charge in [0.15, 0.2) is 0 Å². The summed E-state index contributed by atoms with van der Waals surface area (Å²) in [5.74, 6) is -1.87. The molecule has 1 heterocycles. The van der Waals surface area contributed by atoms with Crippen LogP contribution in [-0.2, 0) is 14.3 Å². The van der Waals surface area contributed by atoms with Crippen molar-refractivity contribution in [3.05, 3.63) is 23.5 Å². The predicted molar refractivity (Wildman–Crippen MR) is 32.9 cm³/mol. The second-order valence-corrected chi connectivity index (χ2v) is 2.08. The van der Waals surface area contributed by atoms with Gasteiger partial charge in [0, 0.05) is 12.2 Å². The van der Waals surface area contributed by atoms with Crippen LogP contribution in [-0.4, -0.2) is 11.9 Å². The molecule has 1 rings (SSSR count). The third-order valence-corrected chi connectivity index (χ3v) is 1.18. The number of carbonyl (C=O) groups excluding carboxylic acids is 2. The number of carboxylic acid groups (broad SMARTS) is 1. The van der Waals surface area contributed by atoms with E-state index in [-0.39, 0.29) is 5.76 Å². The number of aliphatic carboxylic acids is 1. The fourth-order valence-electron chi connectivity index (χ4n) is 0.717. The standard InChI is InChI=1S/C7H6O4/c1-4-2-7(10)11-5(4)3-6(8)9/h2-3H,1H3,(H,8,9)/p-1/b5-3+. The lowest BCUT2D eigenvalue weighted by molar-refractivity contribution is -0.297. The summed E-state index contributed by atoms with van der Waals surface area (Å²) in [5, 5.41) is 10.0. The van der Waals surface area contributed by atoms with E-state index < -0.39 is 11.9 Å². The van der Waals surface area contributed by atoms with E-state index in [9.17, 15) is 14.7 Å². The highest BCUT2D eigenvalue weighted by atomic mass is 16.5. The molecule has 58 valence electrons. The highest BCUT2D eigenvalue weighted by Gasteiger charge is 2.15. The average Bonchev–Trinajstić information content (AvgIpc) is 2.09. The Morgan fingerprint density at radius 3 is 2.73 bits per heavy atom. The Labute approximate surface area is 62.8 Å². The van der Waals surface area contributed by atoms with Crippen LogP contribution in [0.1, 0.15) is 6.92 Å². The van der Waals surface area contributed by atoms with E-state index >= 15 is 0 Å². The minimum atomic E-state index is -1.37. The van der Waals surface area contributed by atoms with E-state index in [0.29, 0.717) is 5.57 Å². The minimum absolute atomic E-state index is 0.0509. The number of cyclic esters (lactones) is 1. The maximum atomic E-state index is 10.5. The van der Waals surface area contributed by atoms with Crippen LogP contribution >= 0.6 is 0 Å². The van der Waals surface area contributed by atoms with Crippen molar-refractivity contribution >= 4 is 11.9 Å². The van der Waals surface area contributed by atoms with Crippen LogP contribution in [0.25, 0.3) is 0 Å². The van der Waals surface area contributed by atoms with Crippen molar-refractivity contribution < 1.29 is 19.4 Å². The van der Waals surface area contributed by atoms with Gasteiger partial charge in [-0.05, 0) is 12.5 Å². The van der Waals surface area contributed by atoms with Crippen molar-refractivity contribution in [3.63, 3.8) is 0 Å². The van der Waals surface area contributed by atoms with E-state index in [1.807, 2.05) is 0 Å². The summed E-state index contributed by atoms with van der Waals surface area (Å²) in [7, 11) is 0. The van der Waals surface area contributed by atoms with Crippen LogP contribution in [0.4, 0.5) is 0 Å². The van der Waals surface area contributed by atoms with E-state index in [4.69, 9.17) is 0 Å². The molecule has 0 aliphatic carbocycles. The number of allylic oxidation sites excluding steroid dienone is 1. The van der Waals surface area contributed by atoms with Gasteiger partial charge >= 0.3 is 5.97 Å². The first-order valence-electron chi connectivity index (χ1n) is 2.93. The van der Waals surface area contributed by atoms with Crippen LogP contribution < -0.4 is 5.11 Å². The Morgan fingerprint density at radius 1 is 1.73 bits per heavy atom. The smallest absolute Gasteiger partial charge is 0.336 e. The largest absolute Gasteiger partial charge is 0.545 e. The number of carbonyl (C=O) groups is 2. The van der Waals surface area contributed by atoms with E-state index in [2.05, 4.69) is 4.74 Å². The van der Waals surface area contributed by atoms with E-state index in [1.165, 1.54) is 6.08 Å². The first kappa shape index (κ1) is 7.53. The maximum absolute atomic E-state index is 10.5. The number of hydrogen-bond donors (Lipinski definition) is 0. The summed E-state index contributed by atoms with van der Waals surface area (Å²) in [5.41, 5.74) is 0.499. The highest BCUT2D eigenvalue weighted by Crippen LogP contribution is 2.17. The van der Waals surface area contributed by atoms with Gasteiger partial charge in [0.25, 0.3) is 0 Å². The highest BCUT2D eigenvalue weighted by molar-refractivity contribution is 5.90. The molecule has 1 aliphatic rings. The molecule has 0 unspecified atom stereocenters. The zero-order valence-electron chi connectivity index (χ0n) is 5.79. The molecule has 0 spiro atoms. The van der Waals surface area contributed by atoms with Crippen LogP contribution in [0.2, 0.25) is 0 Å². The third-order valence-electron chi connectivity index (χ3n) is 1.18. The van der Waals surface area contributed by atoms with Gasteiger partial charge in [-0.15, -0.1) is 0 Å². The second-order valence-electron chi connectivity index (χ2n) is 2.08. The van der Waals surface area contributed by atoms with Crippen molar-refractivity contribution in [1.82, 2.24) is 0 Å². The summed E-state index contributed by atoms with van der Waals surface area (Å²) in [6.07, 6.45) is 1.96. The molecule has 0 aromatic rings. The Hall–Kier alpha value is -1.58. The molecule has 0 atom stereocenters. The maximum Gasteiger partial charge on any atom is 0.336 e. The lowest BCUT2D eigenvalue weighted by atomic mass is 10.2. The zero-order valence-corrected chi connectivity index (χ0v) is 5.79. The number of esters is 1. The van der Waals surface area contributed by atoms with Crippen LogP contribution in [0.3, 0.4) is 0 Å². The molecule has 0 aromatic carbocycles. The molecule has 0 N–H and O–H groups in total. The SMILES string of the molecule is CC1=CC(=O)O/C1=C/C(=O)[O-]. The van der Waals surface area contributed by atoms with Gasteiger partial charge in [0.05, 0.1) is 5.97 Å². The zero-order chi connectivity index (χ0) is 8.43. The Morgan fingerprint density at radius 2 is 2.36 bits per heavy atom. The normalized spacial score (nSPS) is 19.9.